The lowest BCUT2D eigenvalue weighted by molar-refractivity contribution is -0.384. The number of nitro groups is 1. The predicted octanol–water partition coefficient (Wildman–Crippen LogP) is 5.97. The van der Waals surface area contributed by atoms with Crippen molar-refractivity contribution >= 4 is 34.6 Å². The molecular weight excluding hydrogens is 564 g/mol. The summed E-state index contributed by atoms with van der Waals surface area (Å²) < 4.78 is 7.13. The smallest absolute Gasteiger partial charge is 0.296 e. The summed E-state index contributed by atoms with van der Waals surface area (Å²) >= 11 is 5.82. The van der Waals surface area contributed by atoms with Gasteiger partial charge >= 0.3 is 0 Å². The molecule has 0 unspecified atom stereocenters. The van der Waals surface area contributed by atoms with Crippen LogP contribution in [0.3, 0.4) is 0 Å². The maximum absolute atomic E-state index is 13.1. The van der Waals surface area contributed by atoms with Gasteiger partial charge in [-0.25, -0.2) is 0 Å². The predicted molar refractivity (Wildman–Crippen MR) is 170 cm³/mol. The number of anilines is 1. The zero-order valence-electron chi connectivity index (χ0n) is 24.5. The average molecular weight is 599 g/mol. The van der Waals surface area contributed by atoms with Gasteiger partial charge in [0.05, 0.1) is 35.9 Å². The summed E-state index contributed by atoms with van der Waals surface area (Å²) in [5.74, 6) is 0.299. The van der Waals surface area contributed by atoms with Crippen molar-refractivity contribution in [3.05, 3.63) is 111 Å². The molecule has 0 spiro atoms. The number of hydrogen-bond acceptors (Lipinski definition) is 6. The molecule has 2 atom stereocenters. The molecule has 2 N–H and O–H groups in total. The molecule has 222 valence electrons. The number of ether oxygens (including phenoxy) is 1. The monoisotopic (exact) mass is 598 g/mol. The van der Waals surface area contributed by atoms with Crippen LogP contribution in [0.2, 0.25) is 0 Å². The Morgan fingerprint density at radius 1 is 1.14 bits per heavy atom. The third-order valence-corrected chi connectivity index (χ3v) is 8.21. The number of para-hydroxylation sites is 1. The van der Waals surface area contributed by atoms with E-state index in [1.54, 1.807) is 18.3 Å². The van der Waals surface area contributed by atoms with Gasteiger partial charge in [-0.3, -0.25) is 19.9 Å². The largest absolute Gasteiger partial charge is 0.496 e. The van der Waals surface area contributed by atoms with Crippen molar-refractivity contribution in [3.8, 4) is 11.4 Å². The maximum Gasteiger partial charge on any atom is 0.296 e. The first-order valence-corrected chi connectivity index (χ1v) is 14.5. The highest BCUT2D eigenvalue weighted by molar-refractivity contribution is 7.80. The van der Waals surface area contributed by atoms with Gasteiger partial charge in [-0.2, -0.15) is 0 Å². The number of rotatable bonds is 10. The Hall–Kier alpha value is -4.77. The lowest BCUT2D eigenvalue weighted by Crippen LogP contribution is -2.33. The Kier molecular flexibility index (Phi) is 8.72. The summed E-state index contributed by atoms with van der Waals surface area (Å²) in [6.07, 6.45) is 2.77. The number of hydrogen-bond donors (Lipinski definition) is 2. The Balaban J connectivity index is 1.51. The first-order chi connectivity index (χ1) is 20.7. The van der Waals surface area contributed by atoms with Crippen LogP contribution in [-0.2, 0) is 11.2 Å². The molecule has 0 saturated carbocycles. The first-order valence-electron chi connectivity index (χ1n) is 14.1. The second-order valence-electron chi connectivity index (χ2n) is 10.4. The molecular formula is C32H34N6O4S. The Labute approximate surface area is 255 Å². The fourth-order valence-electron chi connectivity index (χ4n) is 5.79. The van der Waals surface area contributed by atoms with E-state index in [9.17, 15) is 14.9 Å². The lowest BCUT2D eigenvalue weighted by atomic mass is 9.96. The topological polar surface area (TPSA) is 115 Å². The van der Waals surface area contributed by atoms with Gasteiger partial charge in [-0.05, 0) is 80.0 Å². The SMILES string of the molecule is CCc1ccccc1NC(=O)CCN1C(=S)N[C@@H](c2ccccn2)[C@H]1c1cc(C)n(-c2ccc(OC)cc2[N+](=O)[O-])c1C. The van der Waals surface area contributed by atoms with Crippen molar-refractivity contribution in [3.63, 3.8) is 0 Å². The van der Waals surface area contributed by atoms with Crippen LogP contribution in [0.1, 0.15) is 53.6 Å². The van der Waals surface area contributed by atoms with Crippen LogP contribution in [0, 0.1) is 24.0 Å². The molecule has 1 aliphatic rings. The van der Waals surface area contributed by atoms with Crippen molar-refractivity contribution < 1.29 is 14.5 Å². The maximum atomic E-state index is 13.1. The molecule has 1 amide bonds. The van der Waals surface area contributed by atoms with Crippen LogP contribution < -0.4 is 15.4 Å². The number of carbonyl (C=O) groups excluding carboxylic acids is 1. The molecule has 4 aromatic rings. The summed E-state index contributed by atoms with van der Waals surface area (Å²) in [4.78, 5) is 31.4. The zero-order chi connectivity index (χ0) is 30.7. The Morgan fingerprint density at radius 2 is 1.91 bits per heavy atom. The van der Waals surface area contributed by atoms with Crippen LogP contribution in [0.5, 0.6) is 5.75 Å². The number of nitrogens with zero attached hydrogens (tertiary/aromatic N) is 4. The second-order valence-corrected chi connectivity index (χ2v) is 10.8. The quantitative estimate of drug-likeness (QED) is 0.130. The summed E-state index contributed by atoms with van der Waals surface area (Å²) in [6, 6.07) is 19.8. The third-order valence-electron chi connectivity index (χ3n) is 7.86. The number of carbonyl (C=O) groups is 1. The number of thiocarbonyl (C=S) groups is 1. The van der Waals surface area contributed by atoms with Gasteiger partial charge in [0.2, 0.25) is 5.91 Å². The molecule has 5 rings (SSSR count). The molecule has 3 heterocycles. The van der Waals surface area contributed by atoms with Gasteiger partial charge in [0, 0.05) is 36.2 Å². The number of aryl methyl sites for hydroxylation is 2. The van der Waals surface area contributed by atoms with Crippen LogP contribution in [0.15, 0.2) is 72.9 Å². The van der Waals surface area contributed by atoms with Crippen molar-refractivity contribution in [1.82, 2.24) is 19.8 Å². The fraction of sp³-hybridized carbons (Fsp3) is 0.281. The molecule has 1 fully saturated rings. The summed E-state index contributed by atoms with van der Waals surface area (Å²) in [5.41, 5.74) is 5.65. The van der Waals surface area contributed by atoms with E-state index in [1.807, 2.05) is 71.8 Å². The standard InChI is InChI=1S/C32H34N6O4S/c1-5-22-10-6-7-11-25(22)34-29(39)15-17-36-31(30(35-32(36)43)26-12-8-9-16-33-26)24-18-20(2)37(21(24)3)27-14-13-23(42-4)19-28(27)38(40)41/h6-14,16,18-19,30-31H,5,15,17H2,1-4H3,(H,34,39)(H,35,43)/t30-,31+/m0/s1. The van der Waals surface area contributed by atoms with Crippen LogP contribution in [0.4, 0.5) is 11.4 Å². The molecule has 2 aromatic carbocycles. The number of aromatic nitrogens is 2. The van der Waals surface area contributed by atoms with Gasteiger partial charge < -0.3 is 24.8 Å². The molecule has 1 aliphatic heterocycles. The van der Waals surface area contributed by atoms with Crippen LogP contribution in [0.25, 0.3) is 5.69 Å². The van der Waals surface area contributed by atoms with Crippen molar-refractivity contribution in [1.29, 1.82) is 0 Å². The number of nitrogens with one attached hydrogen (secondary N) is 2. The first kappa shape index (κ1) is 29.7. The number of benzene rings is 2. The van der Waals surface area contributed by atoms with E-state index < -0.39 is 4.92 Å². The van der Waals surface area contributed by atoms with Crippen LogP contribution >= 0.6 is 12.2 Å². The van der Waals surface area contributed by atoms with E-state index in [1.165, 1.54) is 13.2 Å². The summed E-state index contributed by atoms with van der Waals surface area (Å²) in [5, 5.41) is 19.1. The summed E-state index contributed by atoms with van der Waals surface area (Å²) in [6.45, 7) is 6.29. The minimum Gasteiger partial charge on any atom is -0.496 e. The van der Waals surface area contributed by atoms with Gasteiger partial charge in [0.1, 0.15) is 11.4 Å². The molecule has 10 nitrogen and oxygen atoms in total. The third kappa shape index (κ3) is 5.94. The molecule has 0 radical (unpaired) electrons. The number of amides is 1. The van der Waals surface area contributed by atoms with Crippen molar-refractivity contribution in [2.45, 2.75) is 45.7 Å². The summed E-state index contributed by atoms with van der Waals surface area (Å²) in [7, 11) is 1.48. The van der Waals surface area contributed by atoms with Gasteiger partial charge in [-0.1, -0.05) is 31.2 Å². The average Bonchev–Trinajstić information content (AvgIpc) is 3.50. The minimum atomic E-state index is -0.402. The molecule has 43 heavy (non-hydrogen) atoms. The highest BCUT2D eigenvalue weighted by Crippen LogP contribution is 2.42. The highest BCUT2D eigenvalue weighted by Gasteiger charge is 2.41. The molecule has 2 aromatic heterocycles. The van der Waals surface area contributed by atoms with E-state index >= 15 is 0 Å². The lowest BCUT2D eigenvalue weighted by Gasteiger charge is -2.28. The molecule has 0 bridgehead atoms. The van der Waals surface area contributed by atoms with E-state index in [4.69, 9.17) is 17.0 Å². The zero-order valence-corrected chi connectivity index (χ0v) is 25.4. The van der Waals surface area contributed by atoms with E-state index in [0.29, 0.717) is 23.1 Å². The van der Waals surface area contributed by atoms with Crippen molar-refractivity contribution in [2.75, 3.05) is 19.0 Å². The van der Waals surface area contributed by atoms with E-state index in [2.05, 4.69) is 22.5 Å². The van der Waals surface area contributed by atoms with E-state index in [-0.39, 0.29) is 30.1 Å². The molecule has 11 heteroatoms. The number of methoxy groups -OCH3 is 1. The van der Waals surface area contributed by atoms with Crippen molar-refractivity contribution in [2.24, 2.45) is 0 Å². The second kappa shape index (κ2) is 12.6. The molecule has 1 saturated heterocycles. The van der Waals surface area contributed by atoms with Gasteiger partial charge in [0.25, 0.3) is 5.69 Å². The fourth-order valence-corrected chi connectivity index (χ4v) is 6.13. The van der Waals surface area contributed by atoms with Crippen LogP contribution in [-0.4, -0.2) is 44.0 Å². The number of nitro benzene ring substituents is 1. The van der Waals surface area contributed by atoms with E-state index in [0.717, 1.165) is 40.3 Å². The minimum absolute atomic E-state index is 0.0602. The normalized spacial score (nSPS) is 16.2. The Morgan fingerprint density at radius 3 is 2.60 bits per heavy atom. The number of pyridine rings is 1. The highest BCUT2D eigenvalue weighted by atomic mass is 32.1. The molecule has 0 aliphatic carbocycles. The Bertz CT molecular complexity index is 1670. The van der Waals surface area contributed by atoms with Gasteiger partial charge in [-0.15, -0.1) is 0 Å². The van der Waals surface area contributed by atoms with Gasteiger partial charge in [0.15, 0.2) is 5.11 Å².